The number of nitrogens with zero attached hydrogens (tertiary/aromatic N) is 1. The second-order valence-corrected chi connectivity index (χ2v) is 14.9. The Labute approximate surface area is 309 Å². The molecule has 2 aliphatic rings. The fraction of sp³-hybridized carbons (Fsp3) is 0.432. The molecular formula is C37H41F3N2O11S. The van der Waals surface area contributed by atoms with E-state index in [2.05, 4.69) is 9.71 Å². The van der Waals surface area contributed by atoms with Crippen molar-refractivity contribution in [1.29, 1.82) is 0 Å². The highest BCUT2D eigenvalue weighted by Gasteiger charge is 2.50. The Hall–Kier alpha value is -4.55. The summed E-state index contributed by atoms with van der Waals surface area (Å²) in [5.41, 5.74) is -0.909. The van der Waals surface area contributed by atoms with Crippen molar-refractivity contribution in [1.82, 2.24) is 4.98 Å². The number of rotatable bonds is 14. The first kappa shape index (κ1) is 40.6. The number of carbonyl (C=O) groups is 2. The topological polar surface area (TPSA) is 202 Å². The molecule has 7 unspecified atom stereocenters. The Morgan fingerprint density at radius 3 is 2.35 bits per heavy atom. The molecule has 0 radical (unpaired) electrons. The molecule has 1 saturated heterocycles. The number of alkyl halides is 3. The van der Waals surface area contributed by atoms with Crippen molar-refractivity contribution in [3.63, 3.8) is 0 Å². The quantitative estimate of drug-likeness (QED) is 0.142. The number of hydrogen-bond acceptors (Lipinski definition) is 11. The van der Waals surface area contributed by atoms with Gasteiger partial charge < -0.3 is 34.6 Å². The van der Waals surface area contributed by atoms with E-state index in [-0.39, 0.29) is 29.9 Å². The second kappa shape index (κ2) is 16.4. The smallest absolute Gasteiger partial charge is 0.417 e. The lowest BCUT2D eigenvalue weighted by Crippen LogP contribution is -2.60. The zero-order valence-corrected chi connectivity index (χ0v) is 30.1. The van der Waals surface area contributed by atoms with Crippen LogP contribution < -0.4 is 4.72 Å². The van der Waals surface area contributed by atoms with Crippen LogP contribution >= 0.6 is 0 Å². The number of anilines is 1. The molecule has 5 N–H and O–H groups in total. The maximum atomic E-state index is 14.2. The fourth-order valence-corrected chi connectivity index (χ4v) is 7.72. The van der Waals surface area contributed by atoms with Gasteiger partial charge in [0.1, 0.15) is 29.7 Å². The molecular weight excluding hydrogens is 737 g/mol. The molecule has 292 valence electrons. The van der Waals surface area contributed by atoms with Crippen LogP contribution in [0.5, 0.6) is 0 Å². The minimum atomic E-state index is -4.72. The molecule has 5 rings (SSSR count). The summed E-state index contributed by atoms with van der Waals surface area (Å²) >= 11 is 0. The molecule has 1 fully saturated rings. The van der Waals surface area contributed by atoms with Crippen molar-refractivity contribution >= 4 is 27.6 Å². The van der Waals surface area contributed by atoms with Crippen LogP contribution in [-0.2, 0) is 46.4 Å². The maximum Gasteiger partial charge on any atom is 0.417 e. The summed E-state index contributed by atoms with van der Waals surface area (Å²) in [6.45, 7) is 3.64. The summed E-state index contributed by atoms with van der Waals surface area (Å²) in [5.74, 6) is -3.28. The Kier molecular flexibility index (Phi) is 12.4. The van der Waals surface area contributed by atoms with Crippen LogP contribution in [0.1, 0.15) is 68.6 Å². The third-order valence-corrected chi connectivity index (χ3v) is 10.7. The van der Waals surface area contributed by atoms with Gasteiger partial charge in [0.25, 0.3) is 10.0 Å². The number of carbonyl (C=O) groups excluding carboxylic acids is 1. The number of cyclic esters (lactones) is 1. The number of aliphatic hydroxyl groups excluding tert-OH is 3. The first-order chi connectivity index (χ1) is 25.5. The van der Waals surface area contributed by atoms with Crippen molar-refractivity contribution in [2.24, 2.45) is 0 Å². The molecule has 3 aromatic rings. The number of benzene rings is 2. The van der Waals surface area contributed by atoms with Gasteiger partial charge in [-0.3, -0.25) is 4.72 Å². The van der Waals surface area contributed by atoms with E-state index >= 15 is 0 Å². The first-order valence-electron chi connectivity index (χ1n) is 17.2. The Balaban J connectivity index is 1.53. The first-order valence-corrected chi connectivity index (χ1v) is 18.7. The summed E-state index contributed by atoms with van der Waals surface area (Å²) in [5, 5.41) is 40.6. The number of carboxylic acids is 1. The van der Waals surface area contributed by atoms with Gasteiger partial charge in [0.2, 0.25) is 6.29 Å². The summed E-state index contributed by atoms with van der Waals surface area (Å²) in [6, 6.07) is 16.7. The number of carboxylic acid groups (broad SMARTS) is 1. The lowest BCUT2D eigenvalue weighted by molar-refractivity contribution is -0.287. The van der Waals surface area contributed by atoms with Crippen molar-refractivity contribution in [2.45, 2.75) is 106 Å². The van der Waals surface area contributed by atoms with Crippen LogP contribution in [0.3, 0.4) is 0 Å². The van der Waals surface area contributed by atoms with Gasteiger partial charge in [-0.1, -0.05) is 62.7 Å². The standard InChI is InChI=1S/C37H41F3N2O11S/c1-3-16-36(17-15-21-9-6-5-7-10-21)19-26(51-35-31(45)29(43)30(44)32(52-35)33(46)47)28(34(48)53-36)25(4-2)22-11-8-12-24(18-22)42-54(49,50)27-14-13-23(20-41-27)37(38,39)40/h5-14,18,20,25,29-32,35,42-45H,3-4,15-17,19H2,1-2H3,(H,46,47). The highest BCUT2D eigenvalue weighted by Crippen LogP contribution is 2.44. The van der Waals surface area contributed by atoms with Crippen molar-refractivity contribution in [3.8, 4) is 0 Å². The summed E-state index contributed by atoms with van der Waals surface area (Å²) in [6.07, 6.45) is -12.0. The van der Waals surface area contributed by atoms with E-state index in [1.807, 2.05) is 37.3 Å². The number of aliphatic hydroxyl groups is 3. The molecule has 0 spiro atoms. The minimum absolute atomic E-state index is 0.00414. The largest absolute Gasteiger partial charge is 0.479 e. The van der Waals surface area contributed by atoms with E-state index in [0.29, 0.717) is 43.5 Å². The molecule has 3 heterocycles. The number of esters is 1. The van der Waals surface area contributed by atoms with E-state index in [1.54, 1.807) is 13.0 Å². The molecule has 2 aliphatic heterocycles. The molecule has 0 aliphatic carbocycles. The number of nitrogens with one attached hydrogen (secondary N) is 1. The summed E-state index contributed by atoms with van der Waals surface area (Å²) in [4.78, 5) is 29.6. The van der Waals surface area contributed by atoms with Gasteiger partial charge in [-0.25, -0.2) is 14.6 Å². The summed E-state index contributed by atoms with van der Waals surface area (Å²) < 4.78 is 85.5. The number of ether oxygens (including phenoxy) is 3. The third kappa shape index (κ3) is 9.03. The molecule has 13 nitrogen and oxygen atoms in total. The fourth-order valence-electron chi connectivity index (χ4n) is 6.74. The maximum absolute atomic E-state index is 14.2. The van der Waals surface area contributed by atoms with Gasteiger partial charge >= 0.3 is 18.1 Å². The number of halogens is 3. The van der Waals surface area contributed by atoms with Crippen LogP contribution in [0.15, 0.2) is 89.3 Å². The van der Waals surface area contributed by atoms with Gasteiger partial charge in [0.15, 0.2) is 11.1 Å². The van der Waals surface area contributed by atoms with Gasteiger partial charge in [0.05, 0.1) is 11.1 Å². The Bertz CT molecular complexity index is 1940. The van der Waals surface area contributed by atoms with Crippen molar-refractivity contribution in [3.05, 3.63) is 101 Å². The van der Waals surface area contributed by atoms with E-state index < -0.39 is 81.0 Å². The number of aliphatic carboxylic acids is 1. The van der Waals surface area contributed by atoms with Gasteiger partial charge in [-0.05, 0) is 61.1 Å². The predicted octanol–water partition coefficient (Wildman–Crippen LogP) is 4.68. The lowest BCUT2D eigenvalue weighted by atomic mass is 9.79. The lowest BCUT2D eigenvalue weighted by Gasteiger charge is -2.43. The van der Waals surface area contributed by atoms with E-state index in [9.17, 15) is 51.6 Å². The number of sulfonamides is 1. The van der Waals surface area contributed by atoms with E-state index in [4.69, 9.17) is 14.2 Å². The number of hydrogen-bond donors (Lipinski definition) is 5. The van der Waals surface area contributed by atoms with Crippen molar-refractivity contribution < 1.29 is 65.8 Å². The van der Waals surface area contributed by atoms with Crippen LogP contribution in [0.4, 0.5) is 18.9 Å². The molecule has 0 bridgehead atoms. The zero-order valence-electron chi connectivity index (χ0n) is 29.3. The van der Waals surface area contributed by atoms with Crippen LogP contribution in [-0.4, -0.2) is 82.1 Å². The average molecular weight is 779 g/mol. The zero-order chi connectivity index (χ0) is 39.4. The molecule has 7 atom stereocenters. The average Bonchev–Trinajstić information content (AvgIpc) is 3.12. The Morgan fingerprint density at radius 1 is 1.02 bits per heavy atom. The molecule has 0 saturated carbocycles. The van der Waals surface area contributed by atoms with Crippen LogP contribution in [0, 0.1) is 0 Å². The van der Waals surface area contributed by atoms with E-state index in [1.165, 1.54) is 18.2 Å². The summed E-state index contributed by atoms with van der Waals surface area (Å²) in [7, 11) is -4.46. The van der Waals surface area contributed by atoms with Crippen LogP contribution in [0.2, 0.25) is 0 Å². The number of aromatic nitrogens is 1. The van der Waals surface area contributed by atoms with Crippen LogP contribution in [0.25, 0.3) is 0 Å². The number of pyridine rings is 1. The Morgan fingerprint density at radius 2 is 1.74 bits per heavy atom. The predicted molar refractivity (Wildman–Crippen MR) is 185 cm³/mol. The molecule has 2 aromatic carbocycles. The molecule has 1 aromatic heterocycles. The highest BCUT2D eigenvalue weighted by molar-refractivity contribution is 7.92. The normalized spacial score (nSPS) is 25.5. The van der Waals surface area contributed by atoms with Gasteiger partial charge in [-0.2, -0.15) is 21.6 Å². The van der Waals surface area contributed by atoms with Crippen molar-refractivity contribution in [2.75, 3.05) is 4.72 Å². The second-order valence-electron chi connectivity index (χ2n) is 13.2. The highest BCUT2D eigenvalue weighted by atomic mass is 32.2. The monoisotopic (exact) mass is 778 g/mol. The SMILES string of the molecule is CCCC1(CCc2ccccc2)CC(OC2OC(C(=O)O)C(O)C(O)C2O)=C(C(CC)c2cccc(NS(=O)(=O)c3ccc(C(F)(F)F)cn3)c2)C(=O)O1. The van der Waals surface area contributed by atoms with Gasteiger partial charge in [-0.15, -0.1) is 0 Å². The number of aryl methyl sites for hydroxylation is 1. The minimum Gasteiger partial charge on any atom is -0.479 e. The molecule has 17 heteroatoms. The van der Waals surface area contributed by atoms with Gasteiger partial charge in [0, 0.05) is 24.2 Å². The van der Waals surface area contributed by atoms with E-state index in [0.717, 1.165) is 11.6 Å². The molecule has 0 amide bonds. The molecule has 54 heavy (non-hydrogen) atoms. The third-order valence-electron chi connectivity index (χ3n) is 9.44.